The van der Waals surface area contributed by atoms with E-state index in [1.54, 1.807) is 11.1 Å². The van der Waals surface area contributed by atoms with Crippen molar-refractivity contribution in [1.82, 2.24) is 4.57 Å². The van der Waals surface area contributed by atoms with Crippen LogP contribution in [0.2, 0.25) is 0 Å². The molecule has 2 heteroatoms. The molecule has 9 aromatic carbocycles. The summed E-state index contributed by atoms with van der Waals surface area (Å²) in [6.07, 6.45) is 18.5. The maximum Gasteiger partial charge on any atom is 0.247 e. The first kappa shape index (κ1) is 53.2. The molecule has 0 unspecified atom stereocenters. The summed E-state index contributed by atoms with van der Waals surface area (Å²) >= 11 is 0. The molecule has 1 aromatic heterocycles. The smallest absolute Gasteiger partial charge is 0.247 e. The minimum Gasteiger partial charge on any atom is -0.310 e. The number of nitrogens with zero attached hydrogens (tertiary/aromatic N) is 1. The van der Waals surface area contributed by atoms with E-state index in [-0.39, 0.29) is 17.5 Å². The molecule has 0 bridgehead atoms. The third kappa shape index (κ3) is 8.89. The lowest BCUT2D eigenvalue weighted by molar-refractivity contribution is 0.398. The second-order valence-electron chi connectivity index (χ2n) is 25.7. The SMILES string of the molecule is CCCCCCCCC1(CCCCCCCC)c2ccccc2-c2ccc(-c3ccc4c(c3)C(C)(C)c3cc(-c5cc(C)c(-c6ccc7c(c6)B(c6c(C)cc(C)cc6C)c6cccc8c9ccccc9n-7c68)c(C)c5)ccc3-4)cc21. The molecule has 0 saturated heterocycles. The maximum atomic E-state index is 2.64. The van der Waals surface area contributed by atoms with Gasteiger partial charge in [0.05, 0.1) is 5.52 Å². The molecule has 3 aliphatic rings. The molecule has 2 heterocycles. The first-order valence-electron chi connectivity index (χ1n) is 31.3. The standard InChI is InChI=1S/C79H82BN/c1-10-12-14-16-18-24-41-79(42-25-19-17-15-13-11-2)67-30-22-20-27-61(67)64-39-34-57(49-70(64)79)56-33-37-62-63-38-35-58(48-69(63)78(8,9)68(62)47-56)60-45-52(4)75(53(5)46-60)59-36-40-74-72(50-59)80(76-54(6)43-51(3)44-55(76)7)71-31-26-29-66-65-28-21-23-32-73(65)81(74)77(66)71/h20-23,26-40,43-50H,10-19,24-25,41-42H2,1-9H3. The Bertz CT molecular complexity index is 4020. The highest BCUT2D eigenvalue weighted by molar-refractivity contribution is 6.98. The molecule has 0 N–H and O–H groups in total. The normalized spacial score (nSPS) is 14.1. The Morgan fingerprint density at radius 3 is 1.56 bits per heavy atom. The molecule has 0 atom stereocenters. The van der Waals surface area contributed by atoms with Crippen LogP contribution in [0.1, 0.15) is 168 Å². The van der Waals surface area contributed by atoms with Gasteiger partial charge in [-0.3, -0.25) is 0 Å². The van der Waals surface area contributed by atoms with Gasteiger partial charge in [-0.2, -0.15) is 0 Å². The minimum atomic E-state index is -0.157. The van der Waals surface area contributed by atoms with Crippen molar-refractivity contribution < 1.29 is 0 Å². The molecule has 2 aliphatic carbocycles. The van der Waals surface area contributed by atoms with Crippen LogP contribution in [0.3, 0.4) is 0 Å². The highest BCUT2D eigenvalue weighted by Crippen LogP contribution is 2.56. The number of aromatic nitrogens is 1. The quantitative estimate of drug-likeness (QED) is 0.0596. The molecule has 1 aliphatic heterocycles. The lowest BCUT2D eigenvalue weighted by Gasteiger charge is -2.33. The zero-order valence-corrected chi connectivity index (χ0v) is 50.0. The van der Waals surface area contributed by atoms with E-state index < -0.39 is 0 Å². The van der Waals surface area contributed by atoms with Gasteiger partial charge < -0.3 is 4.57 Å². The average molecular weight is 1060 g/mol. The Kier molecular flexibility index (Phi) is 14.0. The van der Waals surface area contributed by atoms with E-state index >= 15 is 0 Å². The first-order chi connectivity index (χ1) is 39.4. The molecular weight excluding hydrogens is 974 g/mol. The van der Waals surface area contributed by atoms with Gasteiger partial charge in [0, 0.05) is 32.8 Å². The summed E-state index contributed by atoms with van der Waals surface area (Å²) in [5.41, 5.74) is 34.2. The zero-order chi connectivity index (χ0) is 55.7. The van der Waals surface area contributed by atoms with Gasteiger partial charge in [-0.1, -0.05) is 260 Å². The van der Waals surface area contributed by atoms with Gasteiger partial charge in [0.15, 0.2) is 0 Å². The second-order valence-corrected chi connectivity index (χ2v) is 25.7. The molecule has 10 aromatic rings. The number of hydrogen-bond donors (Lipinski definition) is 0. The van der Waals surface area contributed by atoms with Crippen molar-refractivity contribution in [3.05, 3.63) is 214 Å². The van der Waals surface area contributed by atoms with Crippen LogP contribution in [-0.4, -0.2) is 11.3 Å². The van der Waals surface area contributed by atoms with E-state index in [4.69, 9.17) is 0 Å². The molecule has 81 heavy (non-hydrogen) atoms. The van der Waals surface area contributed by atoms with Gasteiger partial charge in [0.25, 0.3) is 0 Å². The lowest BCUT2D eigenvalue weighted by Crippen LogP contribution is -2.57. The molecule has 0 radical (unpaired) electrons. The fourth-order valence-corrected chi connectivity index (χ4v) is 16.2. The van der Waals surface area contributed by atoms with Crippen LogP contribution in [0, 0.1) is 34.6 Å². The Labute approximate surface area is 485 Å². The molecule has 0 saturated carbocycles. The summed E-state index contributed by atoms with van der Waals surface area (Å²) in [5, 5.41) is 2.64. The van der Waals surface area contributed by atoms with Gasteiger partial charge in [-0.25, -0.2) is 0 Å². The predicted octanol–water partition coefficient (Wildman–Crippen LogP) is 20.2. The Morgan fingerprint density at radius 1 is 0.395 bits per heavy atom. The summed E-state index contributed by atoms with van der Waals surface area (Å²) in [6, 6.07) is 64.7. The Morgan fingerprint density at radius 2 is 0.914 bits per heavy atom. The number of aryl methyl sites for hydroxylation is 5. The van der Waals surface area contributed by atoms with Crippen molar-refractivity contribution in [2.24, 2.45) is 0 Å². The van der Waals surface area contributed by atoms with E-state index in [1.807, 2.05) is 0 Å². The first-order valence-corrected chi connectivity index (χ1v) is 31.3. The van der Waals surface area contributed by atoms with E-state index in [9.17, 15) is 0 Å². The van der Waals surface area contributed by atoms with Crippen LogP contribution in [0.15, 0.2) is 164 Å². The van der Waals surface area contributed by atoms with E-state index in [2.05, 4.69) is 231 Å². The number of para-hydroxylation sites is 2. The van der Waals surface area contributed by atoms with Crippen molar-refractivity contribution in [1.29, 1.82) is 0 Å². The van der Waals surface area contributed by atoms with Crippen LogP contribution in [-0.2, 0) is 10.8 Å². The van der Waals surface area contributed by atoms with Gasteiger partial charge in [-0.15, -0.1) is 0 Å². The van der Waals surface area contributed by atoms with Gasteiger partial charge >= 0.3 is 0 Å². The van der Waals surface area contributed by atoms with E-state index in [0.29, 0.717) is 0 Å². The van der Waals surface area contributed by atoms with Crippen LogP contribution in [0.25, 0.3) is 83.1 Å². The summed E-state index contributed by atoms with van der Waals surface area (Å²) in [4.78, 5) is 0. The fourth-order valence-electron chi connectivity index (χ4n) is 16.2. The van der Waals surface area contributed by atoms with Crippen LogP contribution in [0.5, 0.6) is 0 Å². The third-order valence-electron chi connectivity index (χ3n) is 20.0. The minimum absolute atomic E-state index is 0.0670. The van der Waals surface area contributed by atoms with Crippen LogP contribution < -0.4 is 16.4 Å². The van der Waals surface area contributed by atoms with Crippen molar-refractivity contribution in [3.63, 3.8) is 0 Å². The predicted molar refractivity (Wildman–Crippen MR) is 352 cm³/mol. The largest absolute Gasteiger partial charge is 0.310 e. The van der Waals surface area contributed by atoms with Gasteiger partial charge in [0.1, 0.15) is 0 Å². The summed E-state index contributed by atoms with van der Waals surface area (Å²) in [6.45, 7) is 21.2. The number of benzene rings is 9. The lowest BCUT2D eigenvalue weighted by atomic mass is 9.34. The molecule has 13 rings (SSSR count). The second kappa shape index (κ2) is 21.3. The van der Waals surface area contributed by atoms with Crippen LogP contribution in [0.4, 0.5) is 0 Å². The maximum absolute atomic E-state index is 2.64. The summed E-state index contributed by atoms with van der Waals surface area (Å²) in [7, 11) is 0. The highest BCUT2D eigenvalue weighted by Gasteiger charge is 2.43. The molecule has 406 valence electrons. The highest BCUT2D eigenvalue weighted by atomic mass is 15.0. The molecule has 0 amide bonds. The number of unbranched alkanes of at least 4 members (excludes halogenated alkanes) is 10. The summed E-state index contributed by atoms with van der Waals surface area (Å²) < 4.78 is 2.55. The third-order valence-corrected chi connectivity index (χ3v) is 20.0. The topological polar surface area (TPSA) is 4.93 Å². The monoisotopic (exact) mass is 1060 g/mol. The van der Waals surface area contributed by atoms with E-state index in [0.717, 1.165) is 0 Å². The molecule has 0 spiro atoms. The number of rotatable bonds is 18. The van der Waals surface area contributed by atoms with Crippen molar-refractivity contribution >= 4 is 44.9 Å². The molecule has 0 fully saturated rings. The average Bonchev–Trinajstić information content (AvgIpc) is 3.71. The van der Waals surface area contributed by atoms with Gasteiger partial charge in [0.2, 0.25) is 6.71 Å². The van der Waals surface area contributed by atoms with Crippen molar-refractivity contribution in [2.45, 2.75) is 163 Å². The van der Waals surface area contributed by atoms with Crippen LogP contribution >= 0.6 is 0 Å². The number of fused-ring (bicyclic) bond motifs is 11. The summed E-state index contributed by atoms with van der Waals surface area (Å²) in [5.74, 6) is 0. The zero-order valence-electron chi connectivity index (χ0n) is 50.0. The fraction of sp³-hybridized carbons (Fsp3) is 0.316. The Balaban J connectivity index is 0.829. The number of hydrogen-bond acceptors (Lipinski definition) is 0. The molecule has 1 nitrogen and oxygen atoms in total. The molecular formula is C79H82BN. The van der Waals surface area contributed by atoms with Crippen molar-refractivity contribution in [3.8, 4) is 61.3 Å². The Hall–Kier alpha value is -7.16. The van der Waals surface area contributed by atoms with Gasteiger partial charge in [-0.05, 0) is 178 Å². The van der Waals surface area contributed by atoms with E-state index in [1.165, 1.54) is 228 Å². The van der Waals surface area contributed by atoms with Crippen molar-refractivity contribution in [2.75, 3.05) is 0 Å².